The zero-order valence-corrected chi connectivity index (χ0v) is 18.3. The lowest BCUT2D eigenvalue weighted by Gasteiger charge is -2.51. The predicted molar refractivity (Wildman–Crippen MR) is 119 cm³/mol. The fourth-order valence-electron chi connectivity index (χ4n) is 5.12. The molecule has 2 aromatic carbocycles. The van der Waals surface area contributed by atoms with Gasteiger partial charge in [-0.2, -0.15) is 5.10 Å². The van der Waals surface area contributed by atoms with Crippen molar-refractivity contribution in [2.24, 2.45) is 0 Å². The highest BCUT2D eigenvalue weighted by Crippen LogP contribution is 2.49. The predicted octanol–water partition coefficient (Wildman–Crippen LogP) is 3.93. The number of aromatic nitrogens is 4. The molecule has 0 saturated carbocycles. The molecule has 0 spiro atoms. The molecule has 32 heavy (non-hydrogen) atoms. The van der Waals surface area contributed by atoms with E-state index in [1.165, 1.54) is 17.3 Å². The molecule has 1 unspecified atom stereocenters. The van der Waals surface area contributed by atoms with Crippen molar-refractivity contribution in [3.63, 3.8) is 0 Å². The first-order valence-corrected chi connectivity index (χ1v) is 11.5. The highest BCUT2D eigenvalue weighted by molar-refractivity contribution is 7.15. The Bertz CT molecular complexity index is 1280. The van der Waals surface area contributed by atoms with Gasteiger partial charge in [-0.15, -0.1) is 11.3 Å². The monoisotopic (exact) mass is 447 g/mol. The van der Waals surface area contributed by atoms with Crippen LogP contribution in [0.4, 0.5) is 4.39 Å². The van der Waals surface area contributed by atoms with Gasteiger partial charge in [0.05, 0.1) is 12.2 Å². The van der Waals surface area contributed by atoms with Crippen LogP contribution in [0.15, 0.2) is 61.2 Å². The van der Waals surface area contributed by atoms with Crippen LogP contribution in [0.25, 0.3) is 10.6 Å². The Kier molecular flexibility index (Phi) is 4.50. The summed E-state index contributed by atoms with van der Waals surface area (Å²) in [5.74, 6) is -0.296. The van der Waals surface area contributed by atoms with Crippen molar-refractivity contribution < 1.29 is 9.50 Å². The van der Waals surface area contributed by atoms with Crippen molar-refractivity contribution in [2.45, 2.75) is 44.1 Å². The van der Waals surface area contributed by atoms with E-state index in [-0.39, 0.29) is 24.4 Å². The third-order valence-corrected chi connectivity index (χ3v) is 7.94. The Labute approximate surface area is 189 Å². The van der Waals surface area contributed by atoms with Gasteiger partial charge in [0.15, 0.2) is 0 Å². The van der Waals surface area contributed by atoms with Gasteiger partial charge in [-0.1, -0.05) is 36.4 Å². The van der Waals surface area contributed by atoms with Gasteiger partial charge < -0.3 is 5.11 Å². The van der Waals surface area contributed by atoms with Crippen molar-refractivity contribution >= 4 is 11.3 Å². The molecular weight excluding hydrogens is 425 g/mol. The van der Waals surface area contributed by atoms with E-state index in [0.29, 0.717) is 13.0 Å². The van der Waals surface area contributed by atoms with E-state index in [4.69, 9.17) is 4.98 Å². The Balaban J connectivity index is 1.44. The van der Waals surface area contributed by atoms with Gasteiger partial charge in [0, 0.05) is 35.5 Å². The molecule has 0 fully saturated rings. The lowest BCUT2D eigenvalue weighted by atomic mass is 9.74. The van der Waals surface area contributed by atoms with Gasteiger partial charge >= 0.3 is 0 Å². The summed E-state index contributed by atoms with van der Waals surface area (Å²) in [6.45, 7) is 2.96. The third-order valence-electron chi connectivity index (χ3n) is 6.81. The first-order valence-electron chi connectivity index (χ1n) is 10.7. The summed E-state index contributed by atoms with van der Waals surface area (Å²) >= 11 is 1.70. The average molecular weight is 448 g/mol. The number of aliphatic hydroxyl groups is 1. The number of rotatable bonds is 3. The zero-order valence-electron chi connectivity index (χ0n) is 17.5. The van der Waals surface area contributed by atoms with Crippen LogP contribution in [0.1, 0.15) is 34.7 Å². The van der Waals surface area contributed by atoms with Gasteiger partial charge in [0.1, 0.15) is 29.1 Å². The van der Waals surface area contributed by atoms with E-state index < -0.39 is 5.60 Å². The second kappa shape index (κ2) is 7.30. The van der Waals surface area contributed by atoms with Crippen LogP contribution in [0.3, 0.4) is 0 Å². The summed E-state index contributed by atoms with van der Waals surface area (Å²) in [7, 11) is 0. The molecule has 8 heteroatoms. The molecule has 2 aliphatic heterocycles. The van der Waals surface area contributed by atoms with Crippen LogP contribution >= 0.6 is 11.3 Å². The van der Waals surface area contributed by atoms with Gasteiger partial charge in [-0.25, -0.2) is 19.0 Å². The SMILES string of the molecule is C[C@H]1N2Cc3sc(-c4ccccc4)nc3CC2c2cc(F)ccc2[C@@]1(O)Cn1cncn1. The summed E-state index contributed by atoms with van der Waals surface area (Å²) in [4.78, 5) is 12.4. The van der Waals surface area contributed by atoms with Crippen molar-refractivity contribution in [1.82, 2.24) is 24.6 Å². The minimum absolute atomic E-state index is 0.0371. The molecule has 3 atom stereocenters. The number of nitrogens with zero attached hydrogens (tertiary/aromatic N) is 5. The first kappa shape index (κ1) is 19.7. The average Bonchev–Trinajstić information content (AvgIpc) is 3.46. The Morgan fingerprint density at radius 2 is 2.06 bits per heavy atom. The van der Waals surface area contributed by atoms with Crippen molar-refractivity contribution in [3.8, 4) is 10.6 Å². The second-order valence-corrected chi connectivity index (χ2v) is 9.66. The fourth-order valence-corrected chi connectivity index (χ4v) is 6.23. The van der Waals surface area contributed by atoms with Crippen LogP contribution in [0.5, 0.6) is 0 Å². The van der Waals surface area contributed by atoms with Crippen molar-refractivity contribution in [3.05, 3.63) is 88.7 Å². The van der Waals surface area contributed by atoms with Gasteiger partial charge in [0.25, 0.3) is 0 Å². The third kappa shape index (κ3) is 3.02. The first-order chi connectivity index (χ1) is 15.5. The molecule has 0 saturated heterocycles. The molecule has 0 aliphatic carbocycles. The molecule has 2 aromatic heterocycles. The topological polar surface area (TPSA) is 67.1 Å². The number of hydrogen-bond donors (Lipinski definition) is 1. The van der Waals surface area contributed by atoms with E-state index in [9.17, 15) is 9.50 Å². The molecule has 2 aliphatic rings. The molecule has 6 rings (SSSR count). The maximum Gasteiger partial charge on any atom is 0.137 e. The van der Waals surface area contributed by atoms with Crippen LogP contribution in [0.2, 0.25) is 0 Å². The van der Waals surface area contributed by atoms with Crippen LogP contribution in [-0.2, 0) is 25.1 Å². The van der Waals surface area contributed by atoms with E-state index in [2.05, 4.69) is 27.1 Å². The number of fused-ring (bicyclic) bond motifs is 4. The smallest absolute Gasteiger partial charge is 0.137 e. The number of thiazole rings is 1. The molecule has 0 bridgehead atoms. The summed E-state index contributed by atoms with van der Waals surface area (Å²) < 4.78 is 16.0. The molecule has 4 heterocycles. The normalized spacial score (nSPS) is 24.6. The van der Waals surface area contributed by atoms with Crippen LogP contribution < -0.4 is 0 Å². The van der Waals surface area contributed by atoms with Crippen molar-refractivity contribution in [2.75, 3.05) is 0 Å². The van der Waals surface area contributed by atoms with Gasteiger partial charge in [0.2, 0.25) is 0 Å². The summed E-state index contributed by atoms with van der Waals surface area (Å²) in [5, 5.41) is 17.2. The van der Waals surface area contributed by atoms with Crippen LogP contribution in [0, 0.1) is 5.82 Å². The summed E-state index contributed by atoms with van der Waals surface area (Å²) in [5.41, 5.74) is 2.53. The van der Waals surface area contributed by atoms with Crippen LogP contribution in [-0.4, -0.2) is 35.8 Å². The van der Waals surface area contributed by atoms with E-state index in [1.54, 1.807) is 34.5 Å². The Morgan fingerprint density at radius 1 is 1.22 bits per heavy atom. The molecule has 0 radical (unpaired) electrons. The number of halogens is 1. The van der Waals surface area contributed by atoms with Gasteiger partial charge in [-0.05, 0) is 30.2 Å². The molecule has 1 N–H and O–H groups in total. The summed E-state index contributed by atoms with van der Waals surface area (Å²) in [6.07, 6.45) is 3.75. The fraction of sp³-hybridized carbons (Fsp3) is 0.292. The quantitative estimate of drug-likeness (QED) is 0.516. The summed E-state index contributed by atoms with van der Waals surface area (Å²) in [6, 6.07) is 14.7. The highest BCUT2D eigenvalue weighted by atomic mass is 32.1. The number of hydrogen-bond acceptors (Lipinski definition) is 6. The Hall–Kier alpha value is -2.94. The van der Waals surface area contributed by atoms with Gasteiger partial charge in [-0.3, -0.25) is 4.90 Å². The second-order valence-electron chi connectivity index (χ2n) is 8.57. The Morgan fingerprint density at radius 3 is 2.84 bits per heavy atom. The van der Waals surface area contributed by atoms with E-state index >= 15 is 0 Å². The van der Waals surface area contributed by atoms with Crippen molar-refractivity contribution in [1.29, 1.82) is 0 Å². The standard InChI is InChI=1S/C24H22FN5OS/c1-15-24(31,12-29-14-26-13-27-29)19-8-7-17(25)9-18(19)21-10-20-22(11-30(15)21)32-23(28-20)16-5-3-2-4-6-16/h2-9,13-15,21,31H,10-12H2,1H3/t15-,21?,24-/m1/s1. The lowest BCUT2D eigenvalue weighted by molar-refractivity contribution is -0.0949. The van der Waals surface area contributed by atoms with E-state index in [0.717, 1.165) is 27.4 Å². The molecular formula is C24H22FN5OS. The molecule has 0 amide bonds. The maximum absolute atomic E-state index is 14.4. The molecule has 162 valence electrons. The minimum atomic E-state index is -1.22. The largest absolute Gasteiger partial charge is 0.382 e. The molecule has 4 aromatic rings. The minimum Gasteiger partial charge on any atom is -0.382 e. The number of benzene rings is 2. The van der Waals surface area contributed by atoms with E-state index in [1.807, 2.05) is 25.1 Å². The zero-order chi connectivity index (χ0) is 21.9. The highest BCUT2D eigenvalue weighted by Gasteiger charge is 2.50. The lowest BCUT2D eigenvalue weighted by Crippen LogP contribution is -2.57. The molecule has 6 nitrogen and oxygen atoms in total. The maximum atomic E-state index is 14.4.